The predicted molar refractivity (Wildman–Crippen MR) is 50.7 cm³/mol. The number of halogens is 1. The summed E-state index contributed by atoms with van der Waals surface area (Å²) in [5, 5.41) is 0. The van der Waals surface area contributed by atoms with Gasteiger partial charge in [0.15, 0.2) is 0 Å². The average Bonchev–Trinajstić information content (AvgIpc) is 1.97. The van der Waals surface area contributed by atoms with Crippen molar-refractivity contribution in [1.82, 2.24) is 4.90 Å². The Kier molecular flexibility index (Phi) is 7.53. The molecule has 0 N–H and O–H groups in total. The summed E-state index contributed by atoms with van der Waals surface area (Å²) in [5.41, 5.74) is 0. The summed E-state index contributed by atoms with van der Waals surface area (Å²) in [7, 11) is 8.10. The third kappa shape index (κ3) is 8.24. The normalized spacial score (nSPS) is 10.2. The van der Waals surface area contributed by atoms with Crippen LogP contribution in [0.1, 0.15) is 0 Å². The Hall–Kier alpha value is -0.100. The molecular formula is C9H19IN2O. The van der Waals surface area contributed by atoms with E-state index >= 15 is 0 Å². The van der Waals surface area contributed by atoms with Crippen molar-refractivity contribution >= 4 is 5.91 Å². The summed E-state index contributed by atoms with van der Waals surface area (Å²) in [6.07, 6.45) is 1.34. The van der Waals surface area contributed by atoms with Crippen LogP contribution in [0, 0.1) is 0 Å². The fourth-order valence-electron chi connectivity index (χ4n) is 0.716. The molecule has 0 unspecified atom stereocenters. The zero-order valence-corrected chi connectivity index (χ0v) is 11.0. The number of carbonyl (C=O) groups excluding carboxylic acids is 1. The summed E-state index contributed by atoms with van der Waals surface area (Å²) in [6.45, 7) is 5.16. The maximum absolute atomic E-state index is 11.0. The van der Waals surface area contributed by atoms with Crippen molar-refractivity contribution in [3.05, 3.63) is 12.7 Å². The number of carbonyl (C=O) groups is 1. The minimum absolute atomic E-state index is 0. The van der Waals surface area contributed by atoms with E-state index in [0.29, 0.717) is 0 Å². The molecule has 0 aliphatic rings. The van der Waals surface area contributed by atoms with Gasteiger partial charge in [0.2, 0.25) is 5.91 Å². The van der Waals surface area contributed by atoms with Crippen molar-refractivity contribution in [2.45, 2.75) is 0 Å². The molecule has 0 spiro atoms. The SMILES string of the molecule is C=CC(=O)N(C)CC[N+](C)(C)C.[I-]. The molecule has 0 aliphatic carbocycles. The van der Waals surface area contributed by atoms with Crippen LogP contribution >= 0.6 is 0 Å². The van der Waals surface area contributed by atoms with E-state index < -0.39 is 0 Å². The molecule has 78 valence electrons. The van der Waals surface area contributed by atoms with E-state index in [1.165, 1.54) is 6.08 Å². The topological polar surface area (TPSA) is 20.3 Å². The van der Waals surface area contributed by atoms with Gasteiger partial charge in [0, 0.05) is 7.05 Å². The second-order valence-corrected chi connectivity index (χ2v) is 3.98. The van der Waals surface area contributed by atoms with Crippen LogP contribution in [0.4, 0.5) is 0 Å². The van der Waals surface area contributed by atoms with E-state index in [1.807, 2.05) is 0 Å². The van der Waals surface area contributed by atoms with Crippen molar-refractivity contribution in [1.29, 1.82) is 0 Å². The second kappa shape index (κ2) is 6.37. The van der Waals surface area contributed by atoms with Crippen molar-refractivity contribution < 1.29 is 33.3 Å². The Balaban J connectivity index is 0. The summed E-state index contributed by atoms with van der Waals surface area (Å²) in [6, 6.07) is 0. The molecule has 0 saturated carbocycles. The smallest absolute Gasteiger partial charge is 0.245 e. The van der Waals surface area contributed by atoms with E-state index in [0.717, 1.165) is 17.6 Å². The Labute approximate surface area is 98.0 Å². The van der Waals surface area contributed by atoms with Gasteiger partial charge in [0.1, 0.15) is 0 Å². The Morgan fingerprint density at radius 2 is 1.92 bits per heavy atom. The van der Waals surface area contributed by atoms with Crippen LogP contribution < -0.4 is 24.0 Å². The lowest BCUT2D eigenvalue weighted by atomic mass is 10.4. The maximum Gasteiger partial charge on any atom is 0.245 e. The van der Waals surface area contributed by atoms with Crippen LogP contribution in [0.25, 0.3) is 0 Å². The molecule has 3 nitrogen and oxygen atoms in total. The average molecular weight is 298 g/mol. The summed E-state index contributed by atoms with van der Waals surface area (Å²) >= 11 is 0. The number of likely N-dealkylation sites (N-methyl/N-ethyl adjacent to an activating group) is 2. The number of amides is 1. The highest BCUT2D eigenvalue weighted by Crippen LogP contribution is 1.92. The lowest BCUT2D eigenvalue weighted by Gasteiger charge is -2.26. The fourth-order valence-corrected chi connectivity index (χ4v) is 0.716. The van der Waals surface area contributed by atoms with Crippen LogP contribution in [0.3, 0.4) is 0 Å². The summed E-state index contributed by atoms with van der Waals surface area (Å²) < 4.78 is 0.870. The van der Waals surface area contributed by atoms with Gasteiger partial charge in [-0.25, -0.2) is 0 Å². The second-order valence-electron chi connectivity index (χ2n) is 3.98. The molecule has 13 heavy (non-hydrogen) atoms. The molecule has 0 bridgehead atoms. The standard InChI is InChI=1S/C9H19N2O.HI/c1-6-9(12)10(2)7-8-11(3,4)5;/h6H,1,7-8H2,2-5H3;1H/q+1;/p-1. The van der Waals surface area contributed by atoms with Crippen LogP contribution in [0.5, 0.6) is 0 Å². The van der Waals surface area contributed by atoms with Gasteiger partial charge in [0.05, 0.1) is 34.2 Å². The lowest BCUT2D eigenvalue weighted by molar-refractivity contribution is -0.869. The van der Waals surface area contributed by atoms with E-state index in [4.69, 9.17) is 0 Å². The molecule has 0 atom stereocenters. The first-order chi connectivity index (χ1) is 5.37. The molecule has 0 radical (unpaired) electrons. The highest BCUT2D eigenvalue weighted by atomic mass is 127. The van der Waals surface area contributed by atoms with Crippen LogP contribution in [-0.4, -0.2) is 56.6 Å². The number of hydrogen-bond acceptors (Lipinski definition) is 1. The third-order valence-corrected chi connectivity index (χ3v) is 1.66. The quantitative estimate of drug-likeness (QED) is 0.315. The van der Waals surface area contributed by atoms with Gasteiger partial charge < -0.3 is 33.4 Å². The zero-order chi connectivity index (χ0) is 9.78. The molecule has 0 heterocycles. The zero-order valence-electron chi connectivity index (χ0n) is 8.88. The fraction of sp³-hybridized carbons (Fsp3) is 0.667. The number of quaternary nitrogens is 1. The molecule has 0 aromatic rings. The highest BCUT2D eigenvalue weighted by molar-refractivity contribution is 5.86. The van der Waals surface area contributed by atoms with Gasteiger partial charge in [-0.05, 0) is 6.08 Å². The molecule has 1 amide bonds. The van der Waals surface area contributed by atoms with Crippen molar-refractivity contribution in [3.63, 3.8) is 0 Å². The van der Waals surface area contributed by atoms with Gasteiger partial charge in [-0.3, -0.25) is 4.79 Å². The number of rotatable bonds is 4. The van der Waals surface area contributed by atoms with Crippen LogP contribution in [-0.2, 0) is 4.79 Å². The van der Waals surface area contributed by atoms with Gasteiger partial charge in [-0.1, -0.05) is 6.58 Å². The molecule has 4 heteroatoms. The van der Waals surface area contributed by atoms with E-state index in [1.54, 1.807) is 11.9 Å². The minimum Gasteiger partial charge on any atom is -1.00 e. The van der Waals surface area contributed by atoms with Crippen molar-refractivity contribution in [2.24, 2.45) is 0 Å². The Morgan fingerprint density at radius 3 is 2.23 bits per heavy atom. The number of nitrogens with zero attached hydrogens (tertiary/aromatic N) is 2. The highest BCUT2D eigenvalue weighted by Gasteiger charge is 2.10. The summed E-state index contributed by atoms with van der Waals surface area (Å²) in [4.78, 5) is 12.7. The van der Waals surface area contributed by atoms with Crippen molar-refractivity contribution in [2.75, 3.05) is 41.3 Å². The van der Waals surface area contributed by atoms with Crippen molar-refractivity contribution in [3.8, 4) is 0 Å². The third-order valence-electron chi connectivity index (χ3n) is 1.66. The van der Waals surface area contributed by atoms with E-state index in [2.05, 4.69) is 27.7 Å². The molecule has 0 fully saturated rings. The van der Waals surface area contributed by atoms with Crippen LogP contribution in [0.2, 0.25) is 0 Å². The Morgan fingerprint density at radius 1 is 1.46 bits per heavy atom. The Bertz CT molecular complexity index is 175. The van der Waals surface area contributed by atoms with Gasteiger partial charge in [-0.15, -0.1) is 0 Å². The molecule has 0 aromatic carbocycles. The first kappa shape index (κ1) is 15.4. The predicted octanol–water partition coefficient (Wildman–Crippen LogP) is -2.66. The van der Waals surface area contributed by atoms with Gasteiger partial charge in [0.25, 0.3) is 0 Å². The monoisotopic (exact) mass is 298 g/mol. The molecule has 0 saturated heterocycles. The molecule has 0 aliphatic heterocycles. The first-order valence-corrected chi connectivity index (χ1v) is 4.05. The molecular weight excluding hydrogens is 279 g/mol. The van der Waals surface area contributed by atoms with E-state index in [-0.39, 0.29) is 29.9 Å². The maximum atomic E-state index is 11.0. The minimum atomic E-state index is -0.0107. The lowest BCUT2D eigenvalue weighted by Crippen LogP contribution is -3.00. The molecule has 0 aromatic heterocycles. The van der Waals surface area contributed by atoms with Gasteiger partial charge in [-0.2, -0.15) is 0 Å². The number of hydrogen-bond donors (Lipinski definition) is 0. The van der Waals surface area contributed by atoms with Crippen LogP contribution in [0.15, 0.2) is 12.7 Å². The van der Waals surface area contributed by atoms with Gasteiger partial charge >= 0.3 is 0 Å². The van der Waals surface area contributed by atoms with E-state index in [9.17, 15) is 4.79 Å². The largest absolute Gasteiger partial charge is 1.00 e. The first-order valence-electron chi connectivity index (χ1n) is 4.05. The molecule has 0 rings (SSSR count). The summed E-state index contributed by atoms with van der Waals surface area (Å²) in [5.74, 6) is -0.0107.